The molecule has 0 aliphatic carbocycles. The van der Waals surface area contributed by atoms with Crippen molar-refractivity contribution in [1.29, 1.82) is 0 Å². The van der Waals surface area contributed by atoms with Gasteiger partial charge in [0.15, 0.2) is 0 Å². The number of halogens is 11. The molecule has 0 bridgehead atoms. The van der Waals surface area contributed by atoms with Gasteiger partial charge in [0.25, 0.3) is 0 Å². The van der Waals surface area contributed by atoms with Crippen LogP contribution in [0.3, 0.4) is 0 Å². The largest absolute Gasteiger partial charge is 0.488 e. The number of para-hydroxylation sites is 1. The highest BCUT2D eigenvalue weighted by atomic mass is 35.5. The van der Waals surface area contributed by atoms with Crippen LogP contribution in [0.15, 0.2) is 24.3 Å². The van der Waals surface area contributed by atoms with Crippen LogP contribution >= 0.6 is 11.6 Å². The van der Waals surface area contributed by atoms with E-state index in [-0.39, 0.29) is 6.07 Å². The maximum absolute atomic E-state index is 13.7. The van der Waals surface area contributed by atoms with Crippen molar-refractivity contribution in [2.24, 2.45) is 0 Å². The number of alkyl halides is 10. The molecular weight excluding hydrogens is 360 g/mol. The summed E-state index contributed by atoms with van der Waals surface area (Å²) < 4.78 is 127. The molecule has 0 aliphatic rings. The number of nitrogens with zero attached hydrogens (tertiary/aromatic N) is 1. The Morgan fingerprint density at radius 2 is 1.14 bits per heavy atom. The topological polar surface area (TPSA) is 3.24 Å². The quantitative estimate of drug-likeness (QED) is 0.498. The molecular formula is C10H4ClF10N. The van der Waals surface area contributed by atoms with Crippen LogP contribution in [-0.4, -0.2) is 24.4 Å². The minimum atomic E-state index is -6.93. The Bertz CT molecular complexity index is 518. The van der Waals surface area contributed by atoms with Gasteiger partial charge in [-0.3, -0.25) is 0 Å². The Labute approximate surface area is 121 Å². The zero-order valence-corrected chi connectivity index (χ0v) is 10.7. The van der Waals surface area contributed by atoms with Gasteiger partial charge in [0, 0.05) is 0 Å². The van der Waals surface area contributed by atoms with Crippen LogP contribution in [0.5, 0.6) is 0 Å². The van der Waals surface area contributed by atoms with Crippen LogP contribution in [0.2, 0.25) is 5.02 Å². The first-order chi connectivity index (χ1) is 9.64. The zero-order chi connectivity index (χ0) is 17.6. The van der Waals surface area contributed by atoms with Crippen LogP contribution in [0, 0.1) is 0 Å². The van der Waals surface area contributed by atoms with E-state index in [2.05, 4.69) is 0 Å². The molecule has 1 aromatic carbocycles. The van der Waals surface area contributed by atoms with E-state index in [1.165, 1.54) is 0 Å². The van der Waals surface area contributed by atoms with Crippen molar-refractivity contribution >= 4 is 17.3 Å². The minimum absolute atomic E-state index is 0.182. The summed E-state index contributed by atoms with van der Waals surface area (Å²) in [5.41, 5.74) is -1.83. The second-order valence-corrected chi connectivity index (χ2v) is 4.28. The number of hydrogen-bond donors (Lipinski definition) is 0. The molecule has 1 nitrogen and oxygen atoms in total. The normalized spacial score (nSPS) is 14.1. The average Bonchev–Trinajstić information content (AvgIpc) is 2.27. The van der Waals surface area contributed by atoms with Gasteiger partial charge in [0.2, 0.25) is 0 Å². The SMILES string of the molecule is FC(F)(F)N(c1ccccc1Cl)C(F)(C(F)(F)F)C(F)(F)F. The van der Waals surface area contributed by atoms with E-state index in [4.69, 9.17) is 11.6 Å². The third-order valence-electron chi connectivity index (χ3n) is 2.41. The van der Waals surface area contributed by atoms with E-state index in [1.54, 1.807) is 0 Å². The van der Waals surface area contributed by atoms with Gasteiger partial charge in [-0.25, -0.2) is 4.90 Å². The fourth-order valence-corrected chi connectivity index (χ4v) is 1.74. The summed E-state index contributed by atoms with van der Waals surface area (Å²) in [6.45, 7) is 0. The molecule has 0 aromatic heterocycles. The monoisotopic (exact) mass is 363 g/mol. The molecule has 12 heteroatoms. The van der Waals surface area contributed by atoms with Crippen LogP contribution < -0.4 is 4.90 Å². The highest BCUT2D eigenvalue weighted by Gasteiger charge is 2.80. The van der Waals surface area contributed by atoms with E-state index >= 15 is 0 Å². The lowest BCUT2D eigenvalue weighted by atomic mass is 10.1. The molecule has 1 aromatic rings. The molecule has 0 spiro atoms. The highest BCUT2D eigenvalue weighted by Crippen LogP contribution is 2.54. The lowest BCUT2D eigenvalue weighted by Gasteiger charge is -2.41. The van der Waals surface area contributed by atoms with E-state index < -0.39 is 40.1 Å². The van der Waals surface area contributed by atoms with Gasteiger partial charge in [0.05, 0.1) is 10.7 Å². The summed E-state index contributed by atoms with van der Waals surface area (Å²) in [5.74, 6) is -6.71. The molecule has 0 amide bonds. The molecule has 0 radical (unpaired) electrons. The van der Waals surface area contributed by atoms with Crippen molar-refractivity contribution in [3.63, 3.8) is 0 Å². The number of benzene rings is 1. The van der Waals surface area contributed by atoms with Crippen molar-refractivity contribution in [2.45, 2.75) is 24.4 Å². The van der Waals surface area contributed by atoms with E-state index in [1.807, 2.05) is 0 Å². The van der Waals surface area contributed by atoms with Crippen LogP contribution in [-0.2, 0) is 0 Å². The Morgan fingerprint density at radius 3 is 1.45 bits per heavy atom. The maximum atomic E-state index is 13.7. The Hall–Kier alpha value is -1.39. The molecule has 0 saturated heterocycles. The Morgan fingerprint density at radius 1 is 0.727 bits per heavy atom. The first-order valence-electron chi connectivity index (χ1n) is 5.08. The maximum Gasteiger partial charge on any atom is 0.488 e. The molecule has 126 valence electrons. The van der Waals surface area contributed by atoms with E-state index in [0.717, 1.165) is 6.07 Å². The van der Waals surface area contributed by atoms with Crippen molar-refractivity contribution in [2.75, 3.05) is 4.90 Å². The minimum Gasteiger partial charge on any atom is -0.233 e. The number of rotatable bonds is 2. The summed E-state index contributed by atoms with van der Waals surface area (Å²) in [6, 6.07) is 2.39. The van der Waals surface area contributed by atoms with Gasteiger partial charge >= 0.3 is 24.4 Å². The van der Waals surface area contributed by atoms with Crippen LogP contribution in [0.4, 0.5) is 49.6 Å². The third-order valence-corrected chi connectivity index (χ3v) is 2.73. The predicted octanol–water partition coefficient (Wildman–Crippen LogP) is 5.46. The van der Waals surface area contributed by atoms with Gasteiger partial charge in [-0.05, 0) is 12.1 Å². The molecule has 0 atom stereocenters. The Balaban J connectivity index is 3.74. The van der Waals surface area contributed by atoms with Crippen molar-refractivity contribution in [1.82, 2.24) is 0 Å². The fraction of sp³-hybridized carbons (Fsp3) is 0.400. The van der Waals surface area contributed by atoms with E-state index in [9.17, 15) is 43.9 Å². The van der Waals surface area contributed by atoms with Gasteiger partial charge in [-0.15, -0.1) is 13.2 Å². The number of hydrogen-bond acceptors (Lipinski definition) is 1. The molecule has 22 heavy (non-hydrogen) atoms. The van der Waals surface area contributed by atoms with Gasteiger partial charge in [0.1, 0.15) is 0 Å². The summed E-state index contributed by atoms with van der Waals surface area (Å²) in [6.07, 6.45) is -20.2. The third kappa shape index (κ3) is 3.03. The van der Waals surface area contributed by atoms with Crippen molar-refractivity contribution in [3.05, 3.63) is 29.3 Å². The first-order valence-corrected chi connectivity index (χ1v) is 5.45. The van der Waals surface area contributed by atoms with Crippen molar-refractivity contribution in [3.8, 4) is 0 Å². The lowest BCUT2D eigenvalue weighted by Crippen LogP contribution is -2.68. The van der Waals surface area contributed by atoms with Crippen LogP contribution in [0.1, 0.15) is 0 Å². The molecule has 1 rings (SSSR count). The molecule has 0 fully saturated rings. The zero-order valence-electron chi connectivity index (χ0n) is 9.91. The Kier molecular flexibility index (Phi) is 4.54. The predicted molar refractivity (Wildman–Crippen MR) is 55.9 cm³/mol. The smallest absolute Gasteiger partial charge is 0.233 e. The standard InChI is InChI=1S/C10H4ClF10N/c11-5-3-1-2-4-6(5)22(10(19,20)21)7(12,8(13,14)15)9(16,17)18/h1-4H. The van der Waals surface area contributed by atoms with Gasteiger partial charge < -0.3 is 0 Å². The molecule has 0 N–H and O–H groups in total. The molecule has 0 heterocycles. The summed E-state index contributed by atoms with van der Waals surface area (Å²) in [5, 5.41) is -1.14. The summed E-state index contributed by atoms with van der Waals surface area (Å²) in [4.78, 5) is -2.39. The van der Waals surface area contributed by atoms with Gasteiger partial charge in [-0.1, -0.05) is 23.7 Å². The average molecular weight is 364 g/mol. The lowest BCUT2D eigenvalue weighted by molar-refractivity contribution is -0.359. The molecule has 0 unspecified atom stereocenters. The summed E-state index contributed by atoms with van der Waals surface area (Å²) >= 11 is 5.19. The summed E-state index contributed by atoms with van der Waals surface area (Å²) in [7, 11) is 0. The van der Waals surface area contributed by atoms with E-state index in [0.29, 0.717) is 12.1 Å². The molecule has 0 aliphatic heterocycles. The first kappa shape index (κ1) is 18.7. The van der Waals surface area contributed by atoms with Gasteiger partial charge in [-0.2, -0.15) is 30.7 Å². The fourth-order valence-electron chi connectivity index (χ4n) is 1.52. The van der Waals surface area contributed by atoms with Crippen LogP contribution in [0.25, 0.3) is 0 Å². The number of anilines is 1. The highest BCUT2D eigenvalue weighted by molar-refractivity contribution is 6.33. The second kappa shape index (κ2) is 5.36. The molecule has 0 saturated carbocycles. The van der Waals surface area contributed by atoms with Crippen molar-refractivity contribution < 1.29 is 43.9 Å². The second-order valence-electron chi connectivity index (χ2n) is 3.87.